The van der Waals surface area contributed by atoms with Crippen molar-refractivity contribution in [2.75, 3.05) is 26.2 Å². The van der Waals surface area contributed by atoms with Crippen LogP contribution in [-0.4, -0.2) is 52.7 Å². The standard InChI is InChI=1S/C22H25N3O2S2/c1-15-13-17(16(2)28-15)19(26)7-8-22(27)25-11-9-24(10-12-25)14-21-23-18-5-3-4-6-20(18)29-21/h3-6,13H,7-12,14H2,1-2H3. The molecule has 1 fully saturated rings. The van der Waals surface area contributed by atoms with Gasteiger partial charge in [-0.3, -0.25) is 14.5 Å². The number of hydrogen-bond donors (Lipinski definition) is 0. The molecule has 152 valence electrons. The second kappa shape index (κ2) is 8.73. The van der Waals surface area contributed by atoms with Gasteiger partial charge in [0.1, 0.15) is 5.01 Å². The number of thiophene rings is 1. The lowest BCUT2D eigenvalue weighted by Crippen LogP contribution is -2.48. The number of fused-ring (bicyclic) bond motifs is 1. The SMILES string of the molecule is Cc1cc(C(=O)CCC(=O)N2CCN(Cc3nc4ccccc4s3)CC2)c(C)s1. The number of rotatable bonds is 6. The number of carbonyl (C=O) groups is 2. The van der Waals surface area contributed by atoms with Gasteiger partial charge < -0.3 is 4.90 Å². The molecule has 1 aliphatic rings. The van der Waals surface area contributed by atoms with Crippen molar-refractivity contribution < 1.29 is 9.59 Å². The van der Waals surface area contributed by atoms with Gasteiger partial charge in [-0.2, -0.15) is 0 Å². The molecule has 5 nitrogen and oxygen atoms in total. The van der Waals surface area contributed by atoms with Crippen molar-refractivity contribution in [2.45, 2.75) is 33.2 Å². The first-order chi connectivity index (χ1) is 14.0. The van der Waals surface area contributed by atoms with Crippen LogP contribution in [0.1, 0.15) is 38.0 Å². The molecule has 0 bridgehead atoms. The molecule has 7 heteroatoms. The highest BCUT2D eigenvalue weighted by Crippen LogP contribution is 2.24. The third-order valence-corrected chi connectivity index (χ3v) is 7.32. The first kappa shape index (κ1) is 20.2. The lowest BCUT2D eigenvalue weighted by atomic mass is 10.1. The smallest absolute Gasteiger partial charge is 0.223 e. The summed E-state index contributed by atoms with van der Waals surface area (Å²) in [7, 11) is 0. The first-order valence-corrected chi connectivity index (χ1v) is 11.6. The van der Waals surface area contributed by atoms with Crippen molar-refractivity contribution in [3.63, 3.8) is 0 Å². The van der Waals surface area contributed by atoms with Crippen LogP contribution in [0.2, 0.25) is 0 Å². The lowest BCUT2D eigenvalue weighted by molar-refractivity contribution is -0.132. The van der Waals surface area contributed by atoms with Crippen LogP contribution >= 0.6 is 22.7 Å². The third kappa shape index (κ3) is 4.74. The summed E-state index contributed by atoms with van der Waals surface area (Å²) in [6.45, 7) is 7.93. The van der Waals surface area contributed by atoms with Crippen molar-refractivity contribution in [1.29, 1.82) is 0 Å². The quantitative estimate of drug-likeness (QED) is 0.551. The van der Waals surface area contributed by atoms with E-state index in [0.717, 1.165) is 45.5 Å². The van der Waals surface area contributed by atoms with Crippen molar-refractivity contribution >= 4 is 44.6 Å². The van der Waals surface area contributed by atoms with E-state index in [9.17, 15) is 9.59 Å². The summed E-state index contributed by atoms with van der Waals surface area (Å²) < 4.78 is 1.22. The summed E-state index contributed by atoms with van der Waals surface area (Å²) in [6, 6.07) is 10.1. The van der Waals surface area contributed by atoms with Crippen molar-refractivity contribution in [3.8, 4) is 0 Å². The number of Topliss-reactive ketones (excluding diaryl/α,β-unsaturated/α-hetero) is 1. The maximum Gasteiger partial charge on any atom is 0.223 e. The van der Waals surface area contributed by atoms with E-state index in [0.29, 0.717) is 25.9 Å². The predicted molar refractivity (Wildman–Crippen MR) is 119 cm³/mol. The van der Waals surface area contributed by atoms with Crippen LogP contribution in [-0.2, 0) is 11.3 Å². The fourth-order valence-electron chi connectivity index (χ4n) is 3.76. The molecule has 3 heterocycles. The van der Waals surface area contributed by atoms with Crippen LogP contribution in [0.5, 0.6) is 0 Å². The summed E-state index contributed by atoms with van der Waals surface area (Å²) in [4.78, 5) is 36.1. The zero-order valence-corrected chi connectivity index (χ0v) is 18.4. The monoisotopic (exact) mass is 427 g/mol. The van der Waals surface area contributed by atoms with Gasteiger partial charge in [-0.05, 0) is 32.0 Å². The van der Waals surface area contributed by atoms with Gasteiger partial charge in [0.15, 0.2) is 5.78 Å². The molecule has 29 heavy (non-hydrogen) atoms. The summed E-state index contributed by atoms with van der Waals surface area (Å²) >= 11 is 3.38. The Kier molecular flexibility index (Phi) is 6.08. The maximum atomic E-state index is 12.6. The minimum Gasteiger partial charge on any atom is -0.340 e. The Balaban J connectivity index is 1.25. The summed E-state index contributed by atoms with van der Waals surface area (Å²) in [5.41, 5.74) is 1.84. The number of carbonyl (C=O) groups excluding carboxylic acids is 2. The molecule has 1 amide bonds. The van der Waals surface area contributed by atoms with Crippen molar-refractivity contribution in [2.24, 2.45) is 0 Å². The Bertz CT molecular complexity index is 999. The zero-order valence-electron chi connectivity index (χ0n) is 16.8. The minimum absolute atomic E-state index is 0.0784. The average molecular weight is 428 g/mol. The van der Waals surface area contributed by atoms with E-state index in [2.05, 4.69) is 11.0 Å². The number of amides is 1. The van der Waals surface area contributed by atoms with E-state index >= 15 is 0 Å². The maximum absolute atomic E-state index is 12.6. The normalized spacial score (nSPS) is 15.2. The van der Waals surface area contributed by atoms with E-state index in [1.165, 1.54) is 4.70 Å². The first-order valence-electron chi connectivity index (χ1n) is 9.94. The molecule has 0 saturated carbocycles. The van der Waals surface area contributed by atoms with Gasteiger partial charge in [0.05, 0.1) is 16.8 Å². The molecule has 0 unspecified atom stereocenters. The Labute approximate surface area is 179 Å². The van der Waals surface area contributed by atoms with Gasteiger partial charge in [-0.15, -0.1) is 22.7 Å². The molecular weight excluding hydrogens is 402 g/mol. The summed E-state index contributed by atoms with van der Waals surface area (Å²) in [5.74, 6) is 0.164. The number of piperazine rings is 1. The predicted octanol–water partition coefficient (Wildman–Crippen LogP) is 4.28. The highest BCUT2D eigenvalue weighted by Gasteiger charge is 2.23. The second-order valence-electron chi connectivity index (χ2n) is 7.48. The lowest BCUT2D eigenvalue weighted by Gasteiger charge is -2.34. The van der Waals surface area contributed by atoms with Gasteiger partial charge in [-0.1, -0.05) is 12.1 Å². The number of benzene rings is 1. The topological polar surface area (TPSA) is 53.5 Å². The molecule has 0 atom stereocenters. The fourth-order valence-corrected chi connectivity index (χ4v) is 5.71. The van der Waals surface area contributed by atoms with E-state index in [-0.39, 0.29) is 11.7 Å². The molecule has 3 aromatic rings. The Morgan fingerprint density at radius 3 is 2.48 bits per heavy atom. The van der Waals surface area contributed by atoms with Gasteiger partial charge in [-0.25, -0.2) is 4.98 Å². The number of thiazole rings is 1. The van der Waals surface area contributed by atoms with Gasteiger partial charge in [0, 0.05) is 54.3 Å². The van der Waals surface area contributed by atoms with Gasteiger partial charge >= 0.3 is 0 Å². The molecule has 0 radical (unpaired) electrons. The van der Waals surface area contributed by atoms with Gasteiger partial charge in [0.2, 0.25) is 5.91 Å². The molecule has 0 aliphatic carbocycles. The molecule has 1 saturated heterocycles. The number of para-hydroxylation sites is 1. The van der Waals surface area contributed by atoms with Crippen LogP contribution < -0.4 is 0 Å². The van der Waals surface area contributed by atoms with Crippen LogP contribution in [0.4, 0.5) is 0 Å². The largest absolute Gasteiger partial charge is 0.340 e. The fraction of sp³-hybridized carbons (Fsp3) is 0.409. The molecule has 0 N–H and O–H groups in total. The van der Waals surface area contributed by atoms with Crippen molar-refractivity contribution in [3.05, 3.63) is 50.7 Å². The van der Waals surface area contributed by atoms with E-state index < -0.39 is 0 Å². The highest BCUT2D eigenvalue weighted by atomic mass is 32.1. The van der Waals surface area contributed by atoms with Crippen LogP contribution in [0.15, 0.2) is 30.3 Å². The van der Waals surface area contributed by atoms with E-state index in [4.69, 9.17) is 4.98 Å². The Morgan fingerprint density at radius 2 is 1.79 bits per heavy atom. The number of ketones is 1. The highest BCUT2D eigenvalue weighted by molar-refractivity contribution is 7.18. The average Bonchev–Trinajstić information content (AvgIpc) is 3.28. The van der Waals surface area contributed by atoms with E-state index in [1.54, 1.807) is 22.7 Å². The molecule has 1 aromatic carbocycles. The number of hydrogen-bond acceptors (Lipinski definition) is 6. The Morgan fingerprint density at radius 1 is 1.03 bits per heavy atom. The second-order valence-corrected chi connectivity index (χ2v) is 10.1. The number of aryl methyl sites for hydroxylation is 2. The number of nitrogens with zero attached hydrogens (tertiary/aromatic N) is 3. The van der Waals surface area contributed by atoms with Crippen LogP contribution in [0, 0.1) is 13.8 Å². The van der Waals surface area contributed by atoms with Crippen molar-refractivity contribution in [1.82, 2.24) is 14.8 Å². The Hall–Kier alpha value is -2.09. The molecular formula is C22H25N3O2S2. The summed E-state index contributed by atoms with van der Waals surface area (Å²) in [5, 5.41) is 1.12. The van der Waals surface area contributed by atoms with Crippen LogP contribution in [0.3, 0.4) is 0 Å². The van der Waals surface area contributed by atoms with Crippen LogP contribution in [0.25, 0.3) is 10.2 Å². The zero-order chi connectivity index (χ0) is 20.4. The number of aromatic nitrogens is 1. The molecule has 0 spiro atoms. The molecule has 2 aromatic heterocycles. The molecule has 4 rings (SSSR count). The van der Waals surface area contributed by atoms with E-state index in [1.807, 2.05) is 43.0 Å². The summed E-state index contributed by atoms with van der Waals surface area (Å²) in [6.07, 6.45) is 0.590. The van der Waals surface area contributed by atoms with Gasteiger partial charge in [0.25, 0.3) is 0 Å². The third-order valence-electron chi connectivity index (χ3n) is 5.33. The molecule has 1 aliphatic heterocycles. The minimum atomic E-state index is 0.0784.